The Morgan fingerprint density at radius 3 is 2.07 bits per heavy atom. The second-order valence-electron chi connectivity index (χ2n) is 8.01. The Hall–Kier alpha value is -2.61. The van der Waals surface area contributed by atoms with Crippen molar-refractivity contribution < 1.29 is 29.0 Å². The van der Waals surface area contributed by atoms with Crippen molar-refractivity contribution >= 4 is 18.0 Å². The summed E-state index contributed by atoms with van der Waals surface area (Å²) >= 11 is 0. The Balaban J connectivity index is 2.95. The van der Waals surface area contributed by atoms with E-state index in [0.29, 0.717) is 0 Å². The molecular formula is C20H30N2O6. The molecule has 0 aliphatic carbocycles. The lowest BCUT2D eigenvalue weighted by atomic mass is 9.97. The third kappa shape index (κ3) is 7.96. The normalized spacial score (nSPS) is 13.8. The molecule has 1 rings (SSSR count). The molecule has 0 saturated carbocycles. The molecule has 2 amide bonds. The van der Waals surface area contributed by atoms with E-state index >= 15 is 0 Å². The van der Waals surface area contributed by atoms with Crippen molar-refractivity contribution in [3.63, 3.8) is 0 Å². The fourth-order valence-corrected chi connectivity index (χ4v) is 2.43. The van der Waals surface area contributed by atoms with Gasteiger partial charge in [0.15, 0.2) is 0 Å². The Kier molecular flexibility index (Phi) is 7.99. The number of nitrogens with one attached hydrogen (secondary N) is 2. The molecule has 1 aromatic rings. The van der Waals surface area contributed by atoms with Gasteiger partial charge in [-0.05, 0) is 40.2 Å². The van der Waals surface area contributed by atoms with Gasteiger partial charge in [0.2, 0.25) is 5.91 Å². The van der Waals surface area contributed by atoms with E-state index in [4.69, 9.17) is 9.47 Å². The van der Waals surface area contributed by atoms with Crippen molar-refractivity contribution in [2.75, 3.05) is 7.11 Å². The molecule has 0 radical (unpaired) electrons. The Morgan fingerprint density at radius 1 is 1.04 bits per heavy atom. The molecule has 28 heavy (non-hydrogen) atoms. The maximum Gasteiger partial charge on any atom is 0.408 e. The van der Waals surface area contributed by atoms with Gasteiger partial charge in [-0.25, -0.2) is 9.59 Å². The monoisotopic (exact) mass is 394 g/mol. The number of alkyl carbamates (subject to hydrolysis) is 1. The third-order valence-corrected chi connectivity index (χ3v) is 3.71. The molecule has 3 N–H and O–H groups in total. The van der Waals surface area contributed by atoms with Crippen molar-refractivity contribution in [3.8, 4) is 0 Å². The number of ether oxygens (including phenoxy) is 2. The minimum Gasteiger partial charge on any atom is -0.467 e. The average Bonchev–Trinajstić information content (AvgIpc) is 2.56. The largest absolute Gasteiger partial charge is 0.467 e. The van der Waals surface area contributed by atoms with Crippen LogP contribution in [0.3, 0.4) is 0 Å². The summed E-state index contributed by atoms with van der Waals surface area (Å²) in [6.45, 7) is 7.79. The van der Waals surface area contributed by atoms with E-state index < -0.39 is 41.3 Å². The molecule has 2 atom stereocenters. The van der Waals surface area contributed by atoms with Gasteiger partial charge in [-0.15, -0.1) is 0 Å². The zero-order valence-electron chi connectivity index (χ0n) is 17.2. The van der Waals surface area contributed by atoms with Crippen molar-refractivity contribution in [1.29, 1.82) is 0 Å². The van der Waals surface area contributed by atoms with Crippen LogP contribution in [0.2, 0.25) is 0 Å². The van der Waals surface area contributed by atoms with Crippen LogP contribution in [0, 0.1) is 0 Å². The number of hydrogen-bond acceptors (Lipinski definition) is 6. The number of methoxy groups -OCH3 is 1. The van der Waals surface area contributed by atoms with Crippen LogP contribution in [0.25, 0.3) is 0 Å². The Labute approximate surface area is 165 Å². The number of hydrogen-bond donors (Lipinski definition) is 3. The molecule has 0 unspecified atom stereocenters. The van der Waals surface area contributed by atoms with E-state index in [1.165, 1.54) is 21.0 Å². The molecule has 8 heteroatoms. The summed E-state index contributed by atoms with van der Waals surface area (Å²) in [4.78, 5) is 37.0. The van der Waals surface area contributed by atoms with Gasteiger partial charge >= 0.3 is 12.1 Å². The van der Waals surface area contributed by atoms with Crippen LogP contribution in [-0.2, 0) is 25.5 Å². The quantitative estimate of drug-likeness (QED) is 0.605. The average molecular weight is 394 g/mol. The smallest absolute Gasteiger partial charge is 0.408 e. The van der Waals surface area contributed by atoms with Gasteiger partial charge in [-0.2, -0.15) is 0 Å². The summed E-state index contributed by atoms with van der Waals surface area (Å²) in [6.07, 6.45) is -0.656. The molecule has 0 heterocycles. The van der Waals surface area contributed by atoms with E-state index in [-0.39, 0.29) is 6.42 Å². The van der Waals surface area contributed by atoms with E-state index in [0.717, 1.165) is 5.56 Å². The van der Waals surface area contributed by atoms with E-state index in [2.05, 4.69) is 10.6 Å². The molecule has 0 fully saturated rings. The summed E-state index contributed by atoms with van der Waals surface area (Å²) in [5, 5.41) is 15.3. The molecule has 8 nitrogen and oxygen atoms in total. The SMILES string of the molecule is COC(=O)[C@H](Cc1ccccc1)NC(=O)[C@H](NC(=O)OC(C)(C)C)C(C)(C)O. The number of carbonyl (C=O) groups excluding carboxylic acids is 3. The molecule has 0 aliphatic rings. The maximum absolute atomic E-state index is 12.8. The highest BCUT2D eigenvalue weighted by Crippen LogP contribution is 2.13. The summed E-state index contributed by atoms with van der Waals surface area (Å²) in [6, 6.07) is 6.77. The van der Waals surface area contributed by atoms with Crippen LogP contribution in [-0.4, -0.2) is 53.5 Å². The molecule has 0 spiro atoms. The number of aliphatic hydroxyl groups is 1. The first kappa shape index (κ1) is 23.4. The lowest BCUT2D eigenvalue weighted by Crippen LogP contribution is -2.60. The van der Waals surface area contributed by atoms with Gasteiger partial charge in [0.25, 0.3) is 0 Å². The minimum atomic E-state index is -1.60. The van der Waals surface area contributed by atoms with Gasteiger partial charge in [0, 0.05) is 6.42 Å². The fourth-order valence-electron chi connectivity index (χ4n) is 2.43. The third-order valence-electron chi connectivity index (χ3n) is 3.71. The molecule has 0 aliphatic heterocycles. The van der Waals surface area contributed by atoms with Gasteiger partial charge in [-0.1, -0.05) is 30.3 Å². The van der Waals surface area contributed by atoms with E-state index in [9.17, 15) is 19.5 Å². The standard InChI is InChI=1S/C20H30N2O6/c1-19(2,3)28-18(25)22-15(20(4,5)26)16(23)21-14(17(24)27-6)12-13-10-8-7-9-11-13/h7-11,14-15,26H,12H2,1-6H3,(H,21,23)(H,22,25)/t14-,15-/m0/s1. The fraction of sp³-hybridized carbons (Fsp3) is 0.550. The highest BCUT2D eigenvalue weighted by Gasteiger charge is 2.38. The lowest BCUT2D eigenvalue weighted by molar-refractivity contribution is -0.146. The van der Waals surface area contributed by atoms with Crippen LogP contribution in [0.15, 0.2) is 30.3 Å². The van der Waals surface area contributed by atoms with Crippen LogP contribution in [0.5, 0.6) is 0 Å². The van der Waals surface area contributed by atoms with Gasteiger partial charge < -0.3 is 25.2 Å². The van der Waals surface area contributed by atoms with Crippen molar-refractivity contribution in [2.45, 2.75) is 64.3 Å². The highest BCUT2D eigenvalue weighted by molar-refractivity contribution is 5.90. The molecule has 0 aromatic heterocycles. The second-order valence-corrected chi connectivity index (χ2v) is 8.01. The van der Waals surface area contributed by atoms with Crippen LogP contribution in [0.1, 0.15) is 40.2 Å². The first-order chi connectivity index (χ1) is 12.8. The number of esters is 1. The first-order valence-corrected chi connectivity index (χ1v) is 8.97. The first-order valence-electron chi connectivity index (χ1n) is 8.97. The maximum atomic E-state index is 12.8. The van der Waals surface area contributed by atoms with Gasteiger partial charge in [0.1, 0.15) is 17.7 Å². The molecule has 1 aromatic carbocycles. The molecular weight excluding hydrogens is 364 g/mol. The topological polar surface area (TPSA) is 114 Å². The van der Waals surface area contributed by atoms with Crippen LogP contribution >= 0.6 is 0 Å². The number of rotatable bonds is 7. The van der Waals surface area contributed by atoms with Crippen molar-refractivity contribution in [2.24, 2.45) is 0 Å². The summed E-state index contributed by atoms with van der Waals surface area (Å²) < 4.78 is 9.92. The Morgan fingerprint density at radius 2 is 1.61 bits per heavy atom. The van der Waals surface area contributed by atoms with E-state index in [1.807, 2.05) is 30.3 Å². The van der Waals surface area contributed by atoms with Crippen molar-refractivity contribution in [1.82, 2.24) is 10.6 Å². The number of benzene rings is 1. The van der Waals surface area contributed by atoms with Crippen LogP contribution < -0.4 is 10.6 Å². The molecule has 0 bridgehead atoms. The summed E-state index contributed by atoms with van der Waals surface area (Å²) in [7, 11) is 1.22. The summed E-state index contributed by atoms with van der Waals surface area (Å²) in [5.41, 5.74) is -1.56. The number of carbonyl (C=O) groups is 3. The Bertz CT molecular complexity index is 676. The summed E-state index contributed by atoms with van der Waals surface area (Å²) in [5.74, 6) is -1.37. The highest BCUT2D eigenvalue weighted by atomic mass is 16.6. The van der Waals surface area contributed by atoms with Gasteiger partial charge in [-0.3, -0.25) is 4.79 Å². The second kappa shape index (κ2) is 9.54. The van der Waals surface area contributed by atoms with E-state index in [1.54, 1.807) is 20.8 Å². The van der Waals surface area contributed by atoms with Gasteiger partial charge in [0.05, 0.1) is 12.7 Å². The number of amides is 2. The predicted molar refractivity (Wildman–Crippen MR) is 104 cm³/mol. The minimum absolute atomic E-state index is 0.199. The zero-order valence-corrected chi connectivity index (χ0v) is 17.2. The predicted octanol–water partition coefficient (Wildman–Crippen LogP) is 1.55. The zero-order chi connectivity index (χ0) is 21.5. The molecule has 156 valence electrons. The lowest BCUT2D eigenvalue weighted by Gasteiger charge is -2.31. The van der Waals surface area contributed by atoms with Crippen LogP contribution in [0.4, 0.5) is 4.79 Å². The van der Waals surface area contributed by atoms with Crippen molar-refractivity contribution in [3.05, 3.63) is 35.9 Å². The molecule has 0 saturated heterocycles.